The Balaban J connectivity index is 1.48. The van der Waals surface area contributed by atoms with Crippen LogP contribution in [-0.2, 0) is 9.53 Å². The molecule has 4 nitrogen and oxygen atoms in total. The number of hydrogen-bond acceptors (Lipinski definition) is 3. The smallest absolute Gasteiger partial charge is 0.220 e. The van der Waals surface area contributed by atoms with Gasteiger partial charge in [-0.15, -0.1) is 0 Å². The minimum atomic E-state index is -0.0404. The average Bonchev–Trinajstić information content (AvgIpc) is 2.68. The van der Waals surface area contributed by atoms with Crippen LogP contribution in [0.2, 0.25) is 0 Å². The highest BCUT2D eigenvalue weighted by Crippen LogP contribution is 2.32. The van der Waals surface area contributed by atoms with E-state index < -0.39 is 0 Å². The Labute approximate surface area is 115 Å². The number of carbonyl (C=O) groups is 1. The lowest BCUT2D eigenvalue weighted by atomic mass is 9.88. The molecule has 3 fully saturated rings. The van der Waals surface area contributed by atoms with Crippen molar-refractivity contribution in [3.63, 3.8) is 0 Å². The Morgan fingerprint density at radius 3 is 2.53 bits per heavy atom. The lowest BCUT2D eigenvalue weighted by Crippen LogP contribution is -2.50. The molecule has 1 amide bonds. The van der Waals surface area contributed by atoms with E-state index in [2.05, 4.69) is 17.6 Å². The minimum Gasteiger partial charge on any atom is -0.381 e. The number of fused-ring (bicyclic) bond motifs is 2. The first-order chi connectivity index (χ1) is 9.13. The van der Waals surface area contributed by atoms with E-state index in [1.807, 2.05) is 0 Å². The molecule has 2 N–H and O–H groups in total. The van der Waals surface area contributed by atoms with Crippen LogP contribution < -0.4 is 10.6 Å². The number of carbonyl (C=O) groups excluding carboxylic acids is 1. The predicted molar refractivity (Wildman–Crippen MR) is 73.9 cm³/mol. The molecule has 3 aliphatic heterocycles. The Kier molecular flexibility index (Phi) is 3.81. The number of amides is 1. The fourth-order valence-corrected chi connectivity index (χ4v) is 3.94. The zero-order valence-corrected chi connectivity index (χ0v) is 11.9. The summed E-state index contributed by atoms with van der Waals surface area (Å²) in [6.45, 7) is 3.70. The molecule has 3 heterocycles. The summed E-state index contributed by atoms with van der Waals surface area (Å²) in [5.41, 5.74) is -0.0404. The quantitative estimate of drug-likeness (QED) is 0.815. The number of hydrogen-bond donors (Lipinski definition) is 2. The van der Waals surface area contributed by atoms with Gasteiger partial charge in [0.25, 0.3) is 0 Å². The van der Waals surface area contributed by atoms with Crippen molar-refractivity contribution in [1.82, 2.24) is 10.6 Å². The van der Waals surface area contributed by atoms with Crippen LogP contribution in [0.3, 0.4) is 0 Å². The van der Waals surface area contributed by atoms with Crippen molar-refractivity contribution in [2.75, 3.05) is 13.2 Å². The van der Waals surface area contributed by atoms with Crippen LogP contribution in [0.25, 0.3) is 0 Å². The second-order valence-electron chi connectivity index (χ2n) is 6.90. The first kappa shape index (κ1) is 13.4. The Bertz CT molecular complexity index is 327. The predicted octanol–water partition coefficient (Wildman–Crippen LogP) is 1.59. The van der Waals surface area contributed by atoms with Crippen LogP contribution in [0.4, 0.5) is 0 Å². The van der Waals surface area contributed by atoms with Crippen LogP contribution in [-0.4, -0.2) is 36.7 Å². The molecule has 0 aromatic heterocycles. The van der Waals surface area contributed by atoms with E-state index in [-0.39, 0.29) is 11.4 Å². The molecule has 0 saturated carbocycles. The average molecular weight is 266 g/mol. The van der Waals surface area contributed by atoms with Gasteiger partial charge in [-0.2, -0.15) is 0 Å². The third kappa shape index (κ3) is 3.29. The van der Waals surface area contributed by atoms with Crippen LogP contribution in [0.15, 0.2) is 0 Å². The maximum atomic E-state index is 12.2. The van der Waals surface area contributed by atoms with E-state index in [0.29, 0.717) is 24.4 Å². The van der Waals surface area contributed by atoms with Gasteiger partial charge in [-0.05, 0) is 51.4 Å². The number of ether oxygens (including phenoxy) is 1. The van der Waals surface area contributed by atoms with E-state index in [0.717, 1.165) is 26.1 Å². The summed E-state index contributed by atoms with van der Waals surface area (Å²) in [6, 6.07) is 1.35. The number of rotatable bonds is 3. The molecule has 108 valence electrons. The van der Waals surface area contributed by atoms with Crippen molar-refractivity contribution in [2.45, 2.75) is 69.5 Å². The van der Waals surface area contributed by atoms with Gasteiger partial charge in [-0.25, -0.2) is 0 Å². The minimum absolute atomic E-state index is 0.0404. The van der Waals surface area contributed by atoms with Gasteiger partial charge in [0.15, 0.2) is 0 Å². The van der Waals surface area contributed by atoms with E-state index in [4.69, 9.17) is 4.74 Å². The van der Waals surface area contributed by atoms with Crippen molar-refractivity contribution in [2.24, 2.45) is 5.92 Å². The van der Waals surface area contributed by atoms with Crippen molar-refractivity contribution < 1.29 is 9.53 Å². The molecular formula is C15H26N2O2. The Morgan fingerprint density at radius 1 is 1.26 bits per heavy atom. The van der Waals surface area contributed by atoms with Gasteiger partial charge in [-0.3, -0.25) is 4.79 Å². The summed E-state index contributed by atoms with van der Waals surface area (Å²) in [4.78, 5) is 12.2. The number of nitrogens with one attached hydrogen (secondary N) is 2. The molecule has 0 aromatic carbocycles. The van der Waals surface area contributed by atoms with Gasteiger partial charge in [-0.1, -0.05) is 0 Å². The summed E-state index contributed by atoms with van der Waals surface area (Å²) < 4.78 is 5.37. The van der Waals surface area contributed by atoms with Crippen molar-refractivity contribution in [3.05, 3.63) is 0 Å². The molecule has 3 rings (SSSR count). The Hall–Kier alpha value is -0.610. The van der Waals surface area contributed by atoms with E-state index >= 15 is 0 Å². The van der Waals surface area contributed by atoms with Gasteiger partial charge >= 0.3 is 0 Å². The highest BCUT2D eigenvalue weighted by molar-refractivity contribution is 5.77. The zero-order chi connectivity index (χ0) is 13.3. The lowest BCUT2D eigenvalue weighted by Gasteiger charge is -2.35. The van der Waals surface area contributed by atoms with Gasteiger partial charge in [0.1, 0.15) is 0 Å². The van der Waals surface area contributed by atoms with Crippen LogP contribution in [0.5, 0.6) is 0 Å². The van der Waals surface area contributed by atoms with Gasteiger partial charge < -0.3 is 15.4 Å². The van der Waals surface area contributed by atoms with Gasteiger partial charge in [0, 0.05) is 37.3 Å². The van der Waals surface area contributed by atoms with Crippen molar-refractivity contribution >= 4 is 5.91 Å². The second-order valence-corrected chi connectivity index (χ2v) is 6.90. The maximum absolute atomic E-state index is 12.2. The molecule has 3 saturated heterocycles. The first-order valence-corrected chi connectivity index (χ1v) is 7.78. The molecular weight excluding hydrogens is 240 g/mol. The molecule has 4 heteroatoms. The highest BCUT2D eigenvalue weighted by Gasteiger charge is 2.35. The van der Waals surface area contributed by atoms with Crippen LogP contribution >= 0.6 is 0 Å². The molecule has 0 aromatic rings. The van der Waals surface area contributed by atoms with Crippen LogP contribution in [0.1, 0.15) is 51.9 Å². The first-order valence-electron chi connectivity index (χ1n) is 7.78. The standard InChI is InChI=1S/C15H26N2O2/c1-15(4-6-19-7-5-15)17-14(18)10-11-8-12-2-3-13(9-11)16-12/h11-13,16H,2-10H2,1H3,(H,17,18). The fourth-order valence-electron chi connectivity index (χ4n) is 3.94. The van der Waals surface area contributed by atoms with Gasteiger partial charge in [0.2, 0.25) is 5.91 Å². The topological polar surface area (TPSA) is 50.4 Å². The summed E-state index contributed by atoms with van der Waals surface area (Å²) in [5.74, 6) is 0.831. The zero-order valence-electron chi connectivity index (χ0n) is 11.9. The number of piperidine rings is 1. The lowest BCUT2D eigenvalue weighted by molar-refractivity contribution is -0.125. The molecule has 19 heavy (non-hydrogen) atoms. The summed E-state index contributed by atoms with van der Waals surface area (Å²) in [5, 5.41) is 6.89. The van der Waals surface area contributed by atoms with E-state index in [9.17, 15) is 4.79 Å². The highest BCUT2D eigenvalue weighted by atomic mass is 16.5. The molecule has 0 aliphatic carbocycles. The monoisotopic (exact) mass is 266 g/mol. The fraction of sp³-hybridized carbons (Fsp3) is 0.933. The molecule has 2 atom stereocenters. The largest absolute Gasteiger partial charge is 0.381 e. The SMILES string of the molecule is CC1(NC(=O)CC2CC3CCC(C2)N3)CCOCC1. The maximum Gasteiger partial charge on any atom is 0.220 e. The summed E-state index contributed by atoms with van der Waals surface area (Å²) >= 11 is 0. The molecule has 3 aliphatic rings. The van der Waals surface area contributed by atoms with E-state index in [1.54, 1.807) is 0 Å². The second kappa shape index (κ2) is 5.41. The molecule has 2 bridgehead atoms. The third-order valence-corrected chi connectivity index (χ3v) is 5.08. The summed E-state index contributed by atoms with van der Waals surface area (Å²) in [7, 11) is 0. The third-order valence-electron chi connectivity index (χ3n) is 5.08. The van der Waals surface area contributed by atoms with E-state index in [1.165, 1.54) is 25.7 Å². The molecule has 0 radical (unpaired) electrons. The van der Waals surface area contributed by atoms with Gasteiger partial charge in [0.05, 0.1) is 0 Å². The van der Waals surface area contributed by atoms with Crippen LogP contribution in [0, 0.1) is 5.92 Å². The van der Waals surface area contributed by atoms with Crippen molar-refractivity contribution in [3.8, 4) is 0 Å². The molecule has 0 spiro atoms. The van der Waals surface area contributed by atoms with Crippen molar-refractivity contribution in [1.29, 1.82) is 0 Å². The normalized spacial score (nSPS) is 37.0. The Morgan fingerprint density at radius 2 is 1.89 bits per heavy atom. The molecule has 2 unspecified atom stereocenters. The summed E-state index contributed by atoms with van der Waals surface area (Å²) in [6.07, 6.45) is 7.57.